The van der Waals surface area contributed by atoms with Gasteiger partial charge in [0.1, 0.15) is 6.10 Å². The lowest BCUT2D eigenvalue weighted by Crippen LogP contribution is -2.18. The molecule has 0 saturated carbocycles. The summed E-state index contributed by atoms with van der Waals surface area (Å²) in [5, 5.41) is 8.84. The number of rotatable bonds is 42. The predicted octanol–water partition coefficient (Wildman–Crippen LogP) is 15.6. The first-order valence-electron chi connectivity index (χ1n) is 22.5. The third-order valence-electron chi connectivity index (χ3n) is 10.6. The number of hydrogen-bond acceptors (Lipinski definition) is 3. The first-order chi connectivity index (χ1) is 24.1. The van der Waals surface area contributed by atoms with E-state index < -0.39 is 5.97 Å². The molecule has 0 aromatic heterocycles. The Labute approximate surface area is 307 Å². The second kappa shape index (κ2) is 41.4. The van der Waals surface area contributed by atoms with Crippen LogP contribution in [0.2, 0.25) is 0 Å². The largest absolute Gasteiger partial charge is 0.481 e. The van der Waals surface area contributed by atoms with E-state index in [2.05, 4.69) is 13.8 Å². The quantitative estimate of drug-likeness (QED) is 0.0511. The molecule has 0 bridgehead atoms. The van der Waals surface area contributed by atoms with Crippen molar-refractivity contribution >= 4 is 11.9 Å². The van der Waals surface area contributed by atoms with Gasteiger partial charge >= 0.3 is 11.9 Å². The smallest absolute Gasteiger partial charge is 0.306 e. The molecule has 0 aliphatic rings. The van der Waals surface area contributed by atoms with Gasteiger partial charge in [0.2, 0.25) is 0 Å². The molecule has 0 aliphatic heterocycles. The summed E-state index contributed by atoms with van der Waals surface area (Å²) in [5.41, 5.74) is 0. The van der Waals surface area contributed by atoms with Crippen LogP contribution in [0.1, 0.15) is 271 Å². The van der Waals surface area contributed by atoms with Gasteiger partial charge in [0.05, 0.1) is 0 Å². The summed E-state index contributed by atoms with van der Waals surface area (Å²) in [4.78, 5) is 23.4. The Morgan fingerprint density at radius 1 is 0.367 bits per heavy atom. The van der Waals surface area contributed by atoms with Crippen molar-refractivity contribution in [1.29, 1.82) is 0 Å². The van der Waals surface area contributed by atoms with Crippen molar-refractivity contribution in [1.82, 2.24) is 0 Å². The topological polar surface area (TPSA) is 63.6 Å². The lowest BCUT2D eigenvalue weighted by Gasteiger charge is -2.18. The average molecular weight is 693 g/mol. The van der Waals surface area contributed by atoms with E-state index in [-0.39, 0.29) is 18.5 Å². The minimum Gasteiger partial charge on any atom is -0.481 e. The van der Waals surface area contributed by atoms with Gasteiger partial charge in [0.25, 0.3) is 0 Å². The van der Waals surface area contributed by atoms with Crippen LogP contribution >= 0.6 is 0 Å². The van der Waals surface area contributed by atoms with Crippen molar-refractivity contribution in [2.24, 2.45) is 0 Å². The van der Waals surface area contributed by atoms with E-state index in [1.54, 1.807) is 0 Å². The highest BCUT2D eigenvalue weighted by molar-refractivity contribution is 5.69. The summed E-state index contributed by atoms with van der Waals surface area (Å²) in [6, 6.07) is 0. The first kappa shape index (κ1) is 47.9. The van der Waals surface area contributed by atoms with Crippen LogP contribution in [0.3, 0.4) is 0 Å². The highest BCUT2D eigenvalue weighted by Crippen LogP contribution is 2.20. The zero-order chi connectivity index (χ0) is 35.7. The molecule has 0 aromatic carbocycles. The summed E-state index contributed by atoms with van der Waals surface area (Å²) < 4.78 is 6.03. The van der Waals surface area contributed by atoms with Crippen molar-refractivity contribution in [2.75, 3.05) is 0 Å². The second-order valence-corrected chi connectivity index (χ2v) is 15.6. The molecule has 0 fully saturated rings. The van der Waals surface area contributed by atoms with Crippen molar-refractivity contribution in [3.63, 3.8) is 0 Å². The Kier molecular flexibility index (Phi) is 40.5. The van der Waals surface area contributed by atoms with Gasteiger partial charge in [0, 0.05) is 12.8 Å². The molecule has 0 heterocycles. The molecule has 0 spiro atoms. The van der Waals surface area contributed by atoms with E-state index >= 15 is 0 Å². The molecule has 49 heavy (non-hydrogen) atoms. The molecule has 0 rings (SSSR count). The highest BCUT2D eigenvalue weighted by atomic mass is 16.5. The maximum atomic E-state index is 12.7. The maximum Gasteiger partial charge on any atom is 0.306 e. The van der Waals surface area contributed by atoms with Crippen LogP contribution in [-0.4, -0.2) is 23.1 Å². The zero-order valence-electron chi connectivity index (χ0n) is 33.5. The van der Waals surface area contributed by atoms with Crippen molar-refractivity contribution in [2.45, 2.75) is 277 Å². The number of carboxylic acids is 1. The number of carboxylic acid groups (broad SMARTS) is 1. The first-order valence-corrected chi connectivity index (χ1v) is 22.5. The van der Waals surface area contributed by atoms with Crippen LogP contribution in [0.15, 0.2) is 0 Å². The average Bonchev–Trinajstić information content (AvgIpc) is 3.09. The molecule has 0 aliphatic carbocycles. The Morgan fingerprint density at radius 3 is 0.898 bits per heavy atom. The van der Waals surface area contributed by atoms with Gasteiger partial charge in [-0.05, 0) is 38.5 Å². The molecule has 0 amide bonds. The monoisotopic (exact) mass is 693 g/mol. The normalized spacial score (nSPS) is 12.0. The molecular weight excluding hydrogens is 604 g/mol. The van der Waals surface area contributed by atoms with E-state index in [1.807, 2.05) is 0 Å². The third kappa shape index (κ3) is 41.2. The van der Waals surface area contributed by atoms with Crippen LogP contribution in [0.25, 0.3) is 0 Å². The predicted molar refractivity (Wildman–Crippen MR) is 214 cm³/mol. The van der Waals surface area contributed by atoms with E-state index in [9.17, 15) is 9.59 Å². The summed E-state index contributed by atoms with van der Waals surface area (Å²) in [7, 11) is 0. The lowest BCUT2D eigenvalue weighted by molar-refractivity contribution is -0.150. The minimum absolute atomic E-state index is 0.0115. The van der Waals surface area contributed by atoms with Crippen molar-refractivity contribution < 1.29 is 19.4 Å². The van der Waals surface area contributed by atoms with Crippen LogP contribution in [0.5, 0.6) is 0 Å². The highest BCUT2D eigenvalue weighted by Gasteiger charge is 2.14. The Bertz CT molecular complexity index is 662. The maximum absolute atomic E-state index is 12.7. The van der Waals surface area contributed by atoms with Gasteiger partial charge in [-0.2, -0.15) is 0 Å². The lowest BCUT2D eigenvalue weighted by atomic mass is 10.0. The summed E-state index contributed by atoms with van der Waals surface area (Å²) in [6.45, 7) is 4.57. The molecule has 4 nitrogen and oxygen atoms in total. The van der Waals surface area contributed by atoms with Gasteiger partial charge in [-0.1, -0.05) is 219 Å². The van der Waals surface area contributed by atoms with Crippen molar-refractivity contribution in [3.05, 3.63) is 0 Å². The Hall–Kier alpha value is -1.06. The van der Waals surface area contributed by atoms with Crippen LogP contribution in [-0.2, 0) is 14.3 Å². The molecule has 0 saturated heterocycles. The number of esters is 1. The second-order valence-electron chi connectivity index (χ2n) is 15.6. The van der Waals surface area contributed by atoms with Crippen LogP contribution in [0.4, 0.5) is 0 Å². The van der Waals surface area contributed by atoms with E-state index in [0.29, 0.717) is 6.42 Å². The molecule has 0 radical (unpaired) electrons. The fourth-order valence-electron chi connectivity index (χ4n) is 7.25. The number of ether oxygens (including phenoxy) is 1. The molecular formula is C45H88O4. The van der Waals surface area contributed by atoms with E-state index in [4.69, 9.17) is 9.84 Å². The van der Waals surface area contributed by atoms with E-state index in [1.165, 1.54) is 180 Å². The van der Waals surface area contributed by atoms with Crippen molar-refractivity contribution in [3.8, 4) is 0 Å². The number of hydrogen-bond donors (Lipinski definition) is 1. The third-order valence-corrected chi connectivity index (χ3v) is 10.6. The molecule has 1 unspecified atom stereocenters. The number of carbonyl (C=O) groups is 2. The number of aliphatic carboxylic acids is 1. The molecule has 292 valence electrons. The number of unbranched alkanes of at least 4 members (excludes halogenated alkanes) is 33. The minimum atomic E-state index is -0.695. The van der Waals surface area contributed by atoms with Gasteiger partial charge in [-0.25, -0.2) is 0 Å². The van der Waals surface area contributed by atoms with E-state index in [0.717, 1.165) is 64.2 Å². The van der Waals surface area contributed by atoms with Crippen LogP contribution < -0.4 is 0 Å². The van der Waals surface area contributed by atoms with Gasteiger partial charge in [0.15, 0.2) is 0 Å². The zero-order valence-corrected chi connectivity index (χ0v) is 33.5. The Balaban J connectivity index is 3.89. The van der Waals surface area contributed by atoms with Gasteiger partial charge < -0.3 is 9.84 Å². The standard InChI is InChI=1S/C45H88O4/c1-3-5-7-9-11-13-15-17-18-19-20-21-22-23-25-27-29-34-38-42-45(48)49-43(40-36-32-30-33-37-41-44(46)47)39-35-31-28-26-24-16-14-12-10-8-6-4-2/h43H,3-42H2,1-2H3,(H,46,47). The molecule has 0 aromatic rings. The summed E-state index contributed by atoms with van der Waals surface area (Å²) in [6.07, 6.45) is 50.0. The Morgan fingerprint density at radius 2 is 0.612 bits per heavy atom. The fraction of sp³-hybridized carbons (Fsp3) is 0.956. The fourth-order valence-corrected chi connectivity index (χ4v) is 7.25. The molecule has 1 atom stereocenters. The molecule has 1 N–H and O–H groups in total. The summed E-state index contributed by atoms with van der Waals surface area (Å²) in [5.74, 6) is -0.684. The van der Waals surface area contributed by atoms with Crippen LogP contribution in [0, 0.1) is 0 Å². The number of carbonyl (C=O) groups excluding carboxylic acids is 1. The SMILES string of the molecule is CCCCCCCCCCCCCCCCCCCCCC(=O)OC(CCCCCCCCCCCCCC)CCCCCCCC(=O)O. The summed E-state index contributed by atoms with van der Waals surface area (Å²) >= 11 is 0. The van der Waals surface area contributed by atoms with Gasteiger partial charge in [-0.15, -0.1) is 0 Å². The van der Waals surface area contributed by atoms with Gasteiger partial charge in [-0.3, -0.25) is 9.59 Å². The molecule has 4 heteroatoms.